The van der Waals surface area contributed by atoms with Gasteiger partial charge in [0.2, 0.25) is 0 Å². The van der Waals surface area contributed by atoms with Crippen molar-refractivity contribution in [3.63, 3.8) is 0 Å². The minimum absolute atomic E-state index is 0.416. The number of carbonyl (C=O) groups excluding carboxylic acids is 1. The number of hydrogen-bond donors (Lipinski definition) is 1. The lowest BCUT2D eigenvalue weighted by molar-refractivity contribution is 0.108. The molecule has 5 heteroatoms. The predicted octanol–water partition coefficient (Wildman–Crippen LogP) is 1.65. The van der Waals surface area contributed by atoms with Gasteiger partial charge in [-0.25, -0.2) is 0 Å². The Labute approximate surface area is 120 Å². The Morgan fingerprint density at radius 2 is 1.74 bits per heavy atom. The highest BCUT2D eigenvalue weighted by atomic mass is 35.5. The number of likely N-dealkylation sites (N-methyl/N-ethyl adjacent to an activating group) is 1. The molecule has 1 aromatic carbocycles. The number of rotatable bonds is 2. The van der Waals surface area contributed by atoms with Crippen LogP contribution in [-0.4, -0.2) is 57.5 Å². The van der Waals surface area contributed by atoms with Gasteiger partial charge in [0.25, 0.3) is 5.24 Å². The molecule has 19 heavy (non-hydrogen) atoms. The van der Waals surface area contributed by atoms with Gasteiger partial charge in [0.1, 0.15) is 0 Å². The number of carbonyl (C=O) groups is 1. The topological polar surface area (TPSA) is 35.6 Å². The first-order valence-electron chi connectivity index (χ1n) is 6.37. The number of nitrogens with zero attached hydrogens (tertiary/aromatic N) is 2. The van der Waals surface area contributed by atoms with Crippen molar-refractivity contribution in [3.8, 4) is 0 Å². The Morgan fingerprint density at radius 1 is 1.21 bits per heavy atom. The molecule has 0 amide bonds. The summed E-state index contributed by atoms with van der Waals surface area (Å²) >= 11 is 5.28. The Hall–Kier alpha value is -1.10. The van der Waals surface area contributed by atoms with Crippen LogP contribution >= 0.6 is 11.6 Å². The number of piperazine rings is 1. The molecular weight excluding hydrogens is 262 g/mol. The summed E-state index contributed by atoms with van der Waals surface area (Å²) in [6.07, 6.45) is 0. The van der Waals surface area contributed by atoms with E-state index in [0.717, 1.165) is 18.8 Å². The zero-order chi connectivity index (χ0) is 14.3. The number of halogens is 1. The molecule has 0 spiro atoms. The lowest BCUT2D eigenvalue weighted by Crippen LogP contribution is -2.40. The molecule has 1 heterocycles. The monoisotopic (exact) mass is 283 g/mol. The molecule has 0 atom stereocenters. The third-order valence-corrected chi connectivity index (χ3v) is 3.17. The first-order valence-corrected chi connectivity index (χ1v) is 6.75. The van der Waals surface area contributed by atoms with Gasteiger partial charge in [-0.1, -0.05) is 0 Å². The second-order valence-corrected chi connectivity index (χ2v) is 5.11. The van der Waals surface area contributed by atoms with Crippen molar-refractivity contribution in [1.82, 2.24) is 10.2 Å². The third kappa shape index (κ3) is 6.05. The molecule has 1 N–H and O–H groups in total. The van der Waals surface area contributed by atoms with Crippen LogP contribution in [0.4, 0.5) is 5.69 Å². The van der Waals surface area contributed by atoms with Gasteiger partial charge in [0.15, 0.2) is 0 Å². The molecule has 0 saturated carbocycles. The summed E-state index contributed by atoms with van der Waals surface area (Å²) in [6.45, 7) is 4.74. The molecule has 0 aromatic heterocycles. The normalized spacial score (nSPS) is 15.4. The van der Waals surface area contributed by atoms with Gasteiger partial charge in [-0.2, -0.15) is 0 Å². The maximum absolute atomic E-state index is 10.7. The van der Waals surface area contributed by atoms with E-state index in [0.29, 0.717) is 5.56 Å². The van der Waals surface area contributed by atoms with E-state index in [1.165, 1.54) is 13.1 Å². The SMILES string of the molecule is CN(C)c1ccc(C(=O)Cl)cc1.CN1CCNCC1. The van der Waals surface area contributed by atoms with E-state index in [1.807, 2.05) is 31.1 Å². The molecule has 2 rings (SSSR count). The van der Waals surface area contributed by atoms with Crippen molar-refractivity contribution in [1.29, 1.82) is 0 Å². The maximum Gasteiger partial charge on any atom is 0.252 e. The van der Waals surface area contributed by atoms with Gasteiger partial charge in [0.05, 0.1) is 0 Å². The van der Waals surface area contributed by atoms with Crippen LogP contribution in [0.5, 0.6) is 0 Å². The average Bonchev–Trinajstić information content (AvgIpc) is 2.40. The fraction of sp³-hybridized carbons (Fsp3) is 0.500. The molecular formula is C14H22ClN3O. The van der Waals surface area contributed by atoms with Gasteiger partial charge < -0.3 is 15.1 Å². The molecule has 4 nitrogen and oxygen atoms in total. The molecule has 1 fully saturated rings. The predicted molar refractivity (Wildman–Crippen MR) is 81.3 cm³/mol. The summed E-state index contributed by atoms with van der Waals surface area (Å²) in [7, 11) is 6.04. The quantitative estimate of drug-likeness (QED) is 0.838. The fourth-order valence-electron chi connectivity index (χ4n) is 1.67. The van der Waals surface area contributed by atoms with E-state index < -0.39 is 5.24 Å². The summed E-state index contributed by atoms with van der Waals surface area (Å²) in [5, 5.41) is 2.86. The Kier molecular flexibility index (Phi) is 6.84. The van der Waals surface area contributed by atoms with E-state index in [1.54, 1.807) is 12.1 Å². The highest BCUT2D eigenvalue weighted by molar-refractivity contribution is 6.67. The van der Waals surface area contributed by atoms with Crippen molar-refractivity contribution in [3.05, 3.63) is 29.8 Å². The van der Waals surface area contributed by atoms with Crippen LogP contribution in [0.25, 0.3) is 0 Å². The third-order valence-electron chi connectivity index (χ3n) is 2.95. The van der Waals surface area contributed by atoms with Crippen LogP contribution in [0.1, 0.15) is 10.4 Å². The van der Waals surface area contributed by atoms with Crippen molar-refractivity contribution in [2.75, 3.05) is 52.2 Å². The Bertz CT molecular complexity index is 386. The molecule has 1 aromatic rings. The smallest absolute Gasteiger partial charge is 0.252 e. The number of benzene rings is 1. The maximum atomic E-state index is 10.7. The Morgan fingerprint density at radius 3 is 2.05 bits per heavy atom. The fourth-order valence-corrected chi connectivity index (χ4v) is 1.79. The average molecular weight is 284 g/mol. The first-order chi connectivity index (χ1) is 9.00. The van der Waals surface area contributed by atoms with Crippen LogP contribution < -0.4 is 10.2 Å². The summed E-state index contributed by atoms with van der Waals surface area (Å²) in [4.78, 5) is 15.0. The highest BCUT2D eigenvalue weighted by Crippen LogP contribution is 2.13. The summed E-state index contributed by atoms with van der Waals surface area (Å²) in [6, 6.07) is 7.14. The van der Waals surface area contributed by atoms with Crippen molar-refractivity contribution in [2.45, 2.75) is 0 Å². The lowest BCUT2D eigenvalue weighted by Gasteiger charge is -2.21. The first kappa shape index (κ1) is 16.0. The van der Waals surface area contributed by atoms with Gasteiger partial charge in [-0.15, -0.1) is 0 Å². The van der Waals surface area contributed by atoms with E-state index in [4.69, 9.17) is 11.6 Å². The van der Waals surface area contributed by atoms with Gasteiger partial charge in [-0.05, 0) is 42.9 Å². The zero-order valence-corrected chi connectivity index (χ0v) is 12.6. The van der Waals surface area contributed by atoms with Crippen molar-refractivity contribution >= 4 is 22.5 Å². The second kappa shape index (κ2) is 8.15. The lowest BCUT2D eigenvalue weighted by atomic mass is 10.2. The molecule has 1 saturated heterocycles. The molecule has 1 aliphatic rings. The summed E-state index contributed by atoms with van der Waals surface area (Å²) in [5.74, 6) is 0. The van der Waals surface area contributed by atoms with Gasteiger partial charge in [0, 0.05) is 51.5 Å². The molecule has 0 bridgehead atoms. The van der Waals surface area contributed by atoms with Crippen LogP contribution in [-0.2, 0) is 0 Å². The van der Waals surface area contributed by atoms with Crippen LogP contribution in [0.2, 0.25) is 0 Å². The summed E-state index contributed by atoms with van der Waals surface area (Å²) in [5.41, 5.74) is 1.58. The van der Waals surface area contributed by atoms with E-state index >= 15 is 0 Å². The Balaban J connectivity index is 0.000000218. The molecule has 0 radical (unpaired) electrons. The van der Waals surface area contributed by atoms with E-state index in [-0.39, 0.29) is 0 Å². The molecule has 0 aliphatic carbocycles. The standard InChI is InChI=1S/C9H10ClNO.C5H12N2/c1-11(2)8-5-3-7(4-6-8)9(10)12;1-7-4-2-6-3-5-7/h3-6H,1-2H3;6H,2-5H2,1H3. The highest BCUT2D eigenvalue weighted by Gasteiger charge is 2.01. The van der Waals surface area contributed by atoms with Gasteiger partial charge in [-0.3, -0.25) is 4.79 Å². The minimum atomic E-state index is -0.416. The summed E-state index contributed by atoms with van der Waals surface area (Å²) < 4.78 is 0. The molecule has 106 valence electrons. The largest absolute Gasteiger partial charge is 0.378 e. The number of anilines is 1. The second-order valence-electron chi connectivity index (χ2n) is 4.77. The van der Waals surface area contributed by atoms with Crippen LogP contribution in [0.15, 0.2) is 24.3 Å². The van der Waals surface area contributed by atoms with E-state index in [2.05, 4.69) is 17.3 Å². The molecule has 0 unspecified atom stereocenters. The van der Waals surface area contributed by atoms with Gasteiger partial charge >= 0.3 is 0 Å². The molecule has 1 aliphatic heterocycles. The minimum Gasteiger partial charge on any atom is -0.378 e. The van der Waals surface area contributed by atoms with Crippen molar-refractivity contribution < 1.29 is 4.79 Å². The van der Waals surface area contributed by atoms with E-state index in [9.17, 15) is 4.79 Å². The van der Waals surface area contributed by atoms with Crippen LogP contribution in [0, 0.1) is 0 Å². The zero-order valence-electron chi connectivity index (χ0n) is 11.8. The number of nitrogens with one attached hydrogen (secondary N) is 1. The van der Waals surface area contributed by atoms with Crippen molar-refractivity contribution in [2.24, 2.45) is 0 Å². The number of hydrogen-bond acceptors (Lipinski definition) is 4. The van der Waals surface area contributed by atoms with Crippen LogP contribution in [0.3, 0.4) is 0 Å².